The standard InChI is InChI=1S/C16H34S8/c17-8-7-14(22)4-3-12(20)1-2-13(21)5-6-15(23)9-16(24,10-18)11-19/h12-15,17-24H,1-11H2. The lowest BCUT2D eigenvalue weighted by Gasteiger charge is -2.28. The van der Waals surface area contributed by atoms with Crippen molar-refractivity contribution in [2.24, 2.45) is 0 Å². The summed E-state index contributed by atoms with van der Waals surface area (Å²) in [5.41, 5.74) is 0. The Balaban J connectivity index is 3.87. The first-order valence-electron chi connectivity index (χ1n) is 8.53. The van der Waals surface area contributed by atoms with Crippen LogP contribution in [0.4, 0.5) is 0 Å². The third-order valence-electron chi connectivity index (χ3n) is 4.17. The molecule has 0 spiro atoms. The van der Waals surface area contributed by atoms with Crippen molar-refractivity contribution in [1.82, 2.24) is 0 Å². The largest absolute Gasteiger partial charge is 0.179 e. The summed E-state index contributed by atoms with van der Waals surface area (Å²) in [4.78, 5) is 0. The molecule has 0 bridgehead atoms. The molecule has 8 heteroatoms. The van der Waals surface area contributed by atoms with Crippen molar-refractivity contribution >= 4 is 101 Å². The second-order valence-corrected chi connectivity index (χ2v) is 11.6. The Labute approximate surface area is 193 Å². The Hall–Kier alpha value is 2.80. The normalized spacial score (nSPS) is 17.5. The molecule has 0 radical (unpaired) electrons. The predicted octanol–water partition coefficient (Wildman–Crippen LogP) is 5.76. The predicted molar refractivity (Wildman–Crippen MR) is 141 cm³/mol. The molecule has 146 valence electrons. The first-order chi connectivity index (χ1) is 11.3. The van der Waals surface area contributed by atoms with Crippen molar-refractivity contribution in [2.45, 2.75) is 77.1 Å². The molecule has 0 aromatic carbocycles. The average molecular weight is 483 g/mol. The molecule has 0 saturated carbocycles. The van der Waals surface area contributed by atoms with Crippen molar-refractivity contribution in [1.29, 1.82) is 0 Å². The van der Waals surface area contributed by atoms with E-state index in [0.717, 1.165) is 68.6 Å². The van der Waals surface area contributed by atoms with Gasteiger partial charge >= 0.3 is 0 Å². The van der Waals surface area contributed by atoms with Crippen LogP contribution < -0.4 is 0 Å². The molecule has 24 heavy (non-hydrogen) atoms. The number of hydrogen-bond acceptors (Lipinski definition) is 8. The van der Waals surface area contributed by atoms with Crippen LogP contribution in [0.25, 0.3) is 0 Å². The molecule has 0 aliphatic carbocycles. The van der Waals surface area contributed by atoms with Gasteiger partial charge in [-0.1, -0.05) is 0 Å². The van der Waals surface area contributed by atoms with Gasteiger partial charge in [-0.3, -0.25) is 0 Å². The highest BCUT2D eigenvalue weighted by atomic mass is 32.1. The SMILES string of the molecule is SCCC(S)CCC(S)CCC(S)CCC(S)CC(S)(CS)CS. The van der Waals surface area contributed by atoms with Gasteiger partial charge in [-0.25, -0.2) is 0 Å². The van der Waals surface area contributed by atoms with Gasteiger partial charge < -0.3 is 0 Å². The van der Waals surface area contributed by atoms with Crippen LogP contribution in [0.15, 0.2) is 0 Å². The molecule has 0 amide bonds. The molecule has 0 nitrogen and oxygen atoms in total. The molecule has 0 saturated heterocycles. The van der Waals surface area contributed by atoms with E-state index in [1.165, 1.54) is 0 Å². The van der Waals surface area contributed by atoms with Gasteiger partial charge in [0.1, 0.15) is 0 Å². The molecule has 4 unspecified atom stereocenters. The zero-order chi connectivity index (χ0) is 18.6. The molecule has 0 N–H and O–H groups in total. The first-order valence-corrected chi connectivity index (χ1v) is 12.9. The Bertz CT molecular complexity index is 298. The second-order valence-electron chi connectivity index (χ2n) is 6.60. The van der Waals surface area contributed by atoms with Crippen LogP contribution in [0.1, 0.15) is 51.4 Å². The highest BCUT2D eigenvalue weighted by molar-refractivity contribution is 7.87. The fraction of sp³-hybridized carbons (Fsp3) is 1.00. The molecule has 0 heterocycles. The van der Waals surface area contributed by atoms with Gasteiger partial charge in [0.05, 0.1) is 0 Å². The summed E-state index contributed by atoms with van der Waals surface area (Å²) in [6.45, 7) is 0. The van der Waals surface area contributed by atoms with Crippen LogP contribution in [0.2, 0.25) is 0 Å². The van der Waals surface area contributed by atoms with Gasteiger partial charge in [0.25, 0.3) is 0 Å². The quantitative estimate of drug-likeness (QED) is 0.134. The lowest BCUT2D eigenvalue weighted by atomic mass is 10.0. The summed E-state index contributed by atoms with van der Waals surface area (Å²) in [5.74, 6) is 2.35. The molecule has 0 aliphatic heterocycles. The topological polar surface area (TPSA) is 0 Å². The van der Waals surface area contributed by atoms with E-state index in [1.54, 1.807) is 0 Å². The smallest absolute Gasteiger partial charge is 0.0316 e. The molecule has 0 aromatic rings. The Kier molecular flexibility index (Phi) is 17.5. The Morgan fingerprint density at radius 2 is 0.875 bits per heavy atom. The first kappa shape index (κ1) is 26.8. The van der Waals surface area contributed by atoms with E-state index in [-0.39, 0.29) is 4.75 Å². The molecule has 0 rings (SSSR count). The van der Waals surface area contributed by atoms with E-state index in [1.807, 2.05) is 0 Å². The molecular formula is C16H34S8. The fourth-order valence-corrected chi connectivity index (χ4v) is 5.37. The molecular weight excluding hydrogens is 449 g/mol. The van der Waals surface area contributed by atoms with E-state index < -0.39 is 0 Å². The molecule has 0 fully saturated rings. The van der Waals surface area contributed by atoms with Crippen LogP contribution in [-0.2, 0) is 0 Å². The van der Waals surface area contributed by atoms with E-state index in [9.17, 15) is 0 Å². The molecule has 0 aliphatic rings. The van der Waals surface area contributed by atoms with Crippen molar-refractivity contribution < 1.29 is 0 Å². The van der Waals surface area contributed by atoms with Crippen LogP contribution >= 0.6 is 101 Å². The van der Waals surface area contributed by atoms with Gasteiger partial charge in [0.15, 0.2) is 0 Å². The summed E-state index contributed by atoms with van der Waals surface area (Å²) < 4.78 is -0.128. The van der Waals surface area contributed by atoms with E-state index in [2.05, 4.69) is 63.1 Å². The minimum absolute atomic E-state index is 0.128. The second kappa shape index (κ2) is 15.7. The molecule has 0 aromatic heterocycles. The van der Waals surface area contributed by atoms with Gasteiger partial charge in [0, 0.05) is 37.3 Å². The third-order valence-corrected chi connectivity index (χ3v) is 8.62. The zero-order valence-electron chi connectivity index (χ0n) is 14.2. The van der Waals surface area contributed by atoms with Crippen molar-refractivity contribution in [3.05, 3.63) is 0 Å². The summed E-state index contributed by atoms with van der Waals surface area (Å²) in [6, 6.07) is 0. The minimum Gasteiger partial charge on any atom is -0.179 e. The summed E-state index contributed by atoms with van der Waals surface area (Å²) in [5, 5.41) is 1.64. The van der Waals surface area contributed by atoms with Crippen LogP contribution in [-0.4, -0.2) is 43.0 Å². The maximum absolute atomic E-state index is 4.74. The summed E-state index contributed by atoms with van der Waals surface area (Å²) >= 11 is 36.4. The lowest BCUT2D eigenvalue weighted by Crippen LogP contribution is -2.30. The number of rotatable bonds is 15. The fourth-order valence-electron chi connectivity index (χ4n) is 2.46. The molecule has 4 atom stereocenters. The van der Waals surface area contributed by atoms with Gasteiger partial charge in [-0.05, 0) is 57.1 Å². The van der Waals surface area contributed by atoms with Gasteiger partial charge in [-0.2, -0.15) is 101 Å². The van der Waals surface area contributed by atoms with Gasteiger partial charge in [-0.15, -0.1) is 0 Å². The zero-order valence-corrected chi connectivity index (χ0v) is 21.3. The highest BCUT2D eigenvalue weighted by Gasteiger charge is 2.25. The number of thiol groups is 8. The van der Waals surface area contributed by atoms with Crippen LogP contribution in [0.3, 0.4) is 0 Å². The Morgan fingerprint density at radius 3 is 1.21 bits per heavy atom. The van der Waals surface area contributed by atoms with Crippen LogP contribution in [0.5, 0.6) is 0 Å². The highest BCUT2D eigenvalue weighted by Crippen LogP contribution is 2.29. The lowest BCUT2D eigenvalue weighted by molar-refractivity contribution is 0.554. The number of hydrogen-bond donors (Lipinski definition) is 8. The van der Waals surface area contributed by atoms with Crippen molar-refractivity contribution in [3.63, 3.8) is 0 Å². The maximum Gasteiger partial charge on any atom is 0.0316 e. The van der Waals surface area contributed by atoms with Crippen LogP contribution in [0, 0.1) is 0 Å². The van der Waals surface area contributed by atoms with Crippen molar-refractivity contribution in [2.75, 3.05) is 17.3 Å². The third kappa shape index (κ3) is 13.9. The summed E-state index contributed by atoms with van der Waals surface area (Å²) in [7, 11) is 0. The minimum atomic E-state index is -0.128. The van der Waals surface area contributed by atoms with Crippen molar-refractivity contribution in [3.8, 4) is 0 Å². The summed E-state index contributed by atoms with van der Waals surface area (Å²) in [6.07, 6.45) is 8.58. The Morgan fingerprint density at radius 1 is 0.542 bits per heavy atom. The van der Waals surface area contributed by atoms with E-state index in [0.29, 0.717) is 21.0 Å². The maximum atomic E-state index is 4.74. The monoisotopic (exact) mass is 482 g/mol. The van der Waals surface area contributed by atoms with E-state index in [4.69, 9.17) is 37.9 Å². The van der Waals surface area contributed by atoms with Gasteiger partial charge in [0.2, 0.25) is 0 Å². The van der Waals surface area contributed by atoms with E-state index >= 15 is 0 Å². The average Bonchev–Trinajstić information content (AvgIpc) is 2.56.